The number of carbonyl (C=O) groups is 1. The number of carboxylic acid groups (broad SMARTS) is 1. The molecule has 0 bridgehead atoms. The summed E-state index contributed by atoms with van der Waals surface area (Å²) in [6, 6.07) is 1.58. The van der Waals surface area contributed by atoms with Crippen LogP contribution in [-0.2, 0) is 0 Å². The van der Waals surface area contributed by atoms with Crippen molar-refractivity contribution in [3.8, 4) is 22.8 Å². The Morgan fingerprint density at radius 1 is 1.20 bits per heavy atom. The van der Waals surface area contributed by atoms with Gasteiger partial charge in [-0.15, -0.1) is 0 Å². The first-order chi connectivity index (χ1) is 9.49. The Bertz CT molecular complexity index is 668. The number of rotatable bonds is 4. The number of halogens is 2. The number of carboxylic acids is 1. The Morgan fingerprint density at radius 3 is 2.35 bits per heavy atom. The Morgan fingerprint density at radius 2 is 1.85 bits per heavy atom. The van der Waals surface area contributed by atoms with Crippen molar-refractivity contribution in [2.45, 2.75) is 0 Å². The van der Waals surface area contributed by atoms with Gasteiger partial charge in [-0.1, -0.05) is 5.16 Å². The summed E-state index contributed by atoms with van der Waals surface area (Å²) in [5.74, 6) is -4.07. The molecule has 2 aromatic rings. The summed E-state index contributed by atoms with van der Waals surface area (Å²) in [7, 11) is 2.38. The monoisotopic (exact) mass is 285 g/mol. The van der Waals surface area contributed by atoms with Gasteiger partial charge in [-0.05, 0) is 0 Å². The predicted molar refractivity (Wildman–Crippen MR) is 61.9 cm³/mol. The van der Waals surface area contributed by atoms with Crippen molar-refractivity contribution in [3.63, 3.8) is 0 Å². The van der Waals surface area contributed by atoms with E-state index in [2.05, 4.69) is 5.16 Å². The molecule has 0 radical (unpaired) electrons. The second kappa shape index (κ2) is 5.16. The predicted octanol–water partition coefficient (Wildman–Crippen LogP) is 2.34. The van der Waals surface area contributed by atoms with Crippen molar-refractivity contribution in [2.75, 3.05) is 14.2 Å². The number of hydrogen-bond donors (Lipinski definition) is 1. The maximum absolute atomic E-state index is 13.9. The highest BCUT2D eigenvalue weighted by molar-refractivity contribution is 5.87. The molecule has 0 aliphatic carbocycles. The van der Waals surface area contributed by atoms with Crippen LogP contribution in [0.3, 0.4) is 0 Å². The maximum atomic E-state index is 13.9. The minimum Gasteiger partial charge on any atom is -0.492 e. The largest absolute Gasteiger partial charge is 0.492 e. The summed E-state index contributed by atoms with van der Waals surface area (Å²) in [5.41, 5.74) is -0.685. The van der Waals surface area contributed by atoms with Gasteiger partial charge >= 0.3 is 5.97 Å². The van der Waals surface area contributed by atoms with E-state index < -0.39 is 23.3 Å². The molecule has 0 amide bonds. The van der Waals surface area contributed by atoms with E-state index in [1.54, 1.807) is 0 Å². The number of benzene rings is 1. The first-order valence-corrected chi connectivity index (χ1v) is 5.30. The fourth-order valence-corrected chi connectivity index (χ4v) is 1.69. The van der Waals surface area contributed by atoms with Crippen molar-refractivity contribution in [2.24, 2.45) is 0 Å². The van der Waals surface area contributed by atoms with E-state index >= 15 is 0 Å². The zero-order valence-corrected chi connectivity index (χ0v) is 10.4. The fraction of sp³-hybridized carbons (Fsp3) is 0.167. The molecule has 2 rings (SSSR count). The van der Waals surface area contributed by atoms with E-state index in [0.29, 0.717) is 6.07 Å². The normalized spacial score (nSPS) is 10.4. The molecule has 0 fully saturated rings. The zero-order valence-electron chi connectivity index (χ0n) is 10.4. The Kier molecular flexibility index (Phi) is 3.55. The zero-order chi connectivity index (χ0) is 14.9. The van der Waals surface area contributed by atoms with Crippen LogP contribution >= 0.6 is 0 Å². The van der Waals surface area contributed by atoms with E-state index in [1.807, 2.05) is 0 Å². The lowest BCUT2D eigenvalue weighted by atomic mass is 10.1. The molecular formula is C12H9F2NO5. The lowest BCUT2D eigenvalue weighted by Crippen LogP contribution is -1.99. The van der Waals surface area contributed by atoms with E-state index in [0.717, 1.165) is 6.07 Å². The van der Waals surface area contributed by atoms with Gasteiger partial charge in [0.15, 0.2) is 28.8 Å². The molecular weight excluding hydrogens is 276 g/mol. The first kappa shape index (κ1) is 13.8. The van der Waals surface area contributed by atoms with Crippen molar-refractivity contribution in [1.82, 2.24) is 5.16 Å². The molecule has 6 nitrogen and oxygen atoms in total. The molecule has 0 saturated carbocycles. The number of hydrogen-bond acceptors (Lipinski definition) is 5. The van der Waals surface area contributed by atoms with E-state index in [1.165, 1.54) is 14.2 Å². The topological polar surface area (TPSA) is 81.8 Å². The average molecular weight is 285 g/mol. The number of methoxy groups -OCH3 is 2. The Hall–Kier alpha value is -2.64. The SMILES string of the molecule is COc1c(F)cc(F)c(-c2cc(C(=O)O)no2)c1OC. The van der Waals surface area contributed by atoms with Gasteiger partial charge in [0.05, 0.1) is 14.2 Å². The van der Waals surface area contributed by atoms with Crippen LogP contribution in [0.1, 0.15) is 10.5 Å². The molecule has 8 heteroatoms. The molecule has 0 atom stereocenters. The quantitative estimate of drug-likeness (QED) is 0.928. The summed E-state index contributed by atoms with van der Waals surface area (Å²) in [5, 5.41) is 12.0. The lowest BCUT2D eigenvalue weighted by Gasteiger charge is -2.12. The van der Waals surface area contributed by atoms with Crippen molar-refractivity contribution in [3.05, 3.63) is 29.5 Å². The van der Waals surface area contributed by atoms with Crippen molar-refractivity contribution < 1.29 is 32.7 Å². The Labute approximate surface area is 111 Å². The van der Waals surface area contributed by atoms with Gasteiger partial charge in [0, 0.05) is 12.1 Å². The summed E-state index contributed by atoms with van der Waals surface area (Å²) in [4.78, 5) is 10.7. The lowest BCUT2D eigenvalue weighted by molar-refractivity contribution is 0.0686. The molecule has 1 heterocycles. The van der Waals surface area contributed by atoms with Gasteiger partial charge in [0.2, 0.25) is 0 Å². The summed E-state index contributed by atoms with van der Waals surface area (Å²) >= 11 is 0. The molecule has 106 valence electrons. The van der Waals surface area contributed by atoms with Crippen LogP contribution in [0.2, 0.25) is 0 Å². The Balaban J connectivity index is 2.68. The van der Waals surface area contributed by atoms with Gasteiger partial charge in [0.25, 0.3) is 0 Å². The molecule has 0 aliphatic heterocycles. The summed E-state index contributed by atoms with van der Waals surface area (Å²) < 4.78 is 41.9. The van der Waals surface area contributed by atoms with Crippen LogP contribution in [0, 0.1) is 11.6 Å². The highest BCUT2D eigenvalue weighted by atomic mass is 19.1. The van der Waals surface area contributed by atoms with Crippen LogP contribution in [0.15, 0.2) is 16.7 Å². The van der Waals surface area contributed by atoms with Gasteiger partial charge in [0.1, 0.15) is 11.4 Å². The molecule has 20 heavy (non-hydrogen) atoms. The molecule has 0 saturated heterocycles. The average Bonchev–Trinajstić information content (AvgIpc) is 2.87. The van der Waals surface area contributed by atoms with Gasteiger partial charge in [-0.2, -0.15) is 0 Å². The van der Waals surface area contributed by atoms with Crippen LogP contribution in [0.4, 0.5) is 8.78 Å². The minimum atomic E-state index is -1.34. The summed E-state index contributed by atoms with van der Waals surface area (Å²) in [6.45, 7) is 0. The van der Waals surface area contributed by atoms with E-state index in [-0.39, 0.29) is 22.8 Å². The van der Waals surface area contributed by atoms with Crippen LogP contribution in [0.5, 0.6) is 11.5 Å². The third-order valence-electron chi connectivity index (χ3n) is 2.53. The van der Waals surface area contributed by atoms with E-state index in [9.17, 15) is 13.6 Å². The number of ether oxygens (including phenoxy) is 2. The van der Waals surface area contributed by atoms with E-state index in [4.69, 9.17) is 19.1 Å². The maximum Gasteiger partial charge on any atom is 0.358 e. The van der Waals surface area contributed by atoms with Gasteiger partial charge in [-0.25, -0.2) is 13.6 Å². The molecule has 0 aliphatic rings. The number of aromatic nitrogens is 1. The molecule has 1 aromatic carbocycles. The minimum absolute atomic E-state index is 0.213. The third kappa shape index (κ3) is 2.15. The van der Waals surface area contributed by atoms with Crippen LogP contribution in [0.25, 0.3) is 11.3 Å². The smallest absolute Gasteiger partial charge is 0.358 e. The number of nitrogens with zero attached hydrogens (tertiary/aromatic N) is 1. The fourth-order valence-electron chi connectivity index (χ4n) is 1.69. The first-order valence-electron chi connectivity index (χ1n) is 5.30. The van der Waals surface area contributed by atoms with Crippen molar-refractivity contribution in [1.29, 1.82) is 0 Å². The highest BCUT2D eigenvalue weighted by Gasteiger charge is 2.25. The van der Waals surface area contributed by atoms with Gasteiger partial charge < -0.3 is 19.1 Å². The second-order valence-electron chi connectivity index (χ2n) is 3.66. The molecule has 0 unspecified atom stereocenters. The second-order valence-corrected chi connectivity index (χ2v) is 3.66. The molecule has 1 aromatic heterocycles. The summed E-state index contributed by atoms with van der Waals surface area (Å²) in [6.07, 6.45) is 0. The van der Waals surface area contributed by atoms with Gasteiger partial charge in [-0.3, -0.25) is 0 Å². The van der Waals surface area contributed by atoms with Crippen LogP contribution < -0.4 is 9.47 Å². The van der Waals surface area contributed by atoms with Crippen molar-refractivity contribution >= 4 is 5.97 Å². The third-order valence-corrected chi connectivity index (χ3v) is 2.53. The van der Waals surface area contributed by atoms with Crippen LogP contribution in [-0.4, -0.2) is 30.5 Å². The molecule has 0 spiro atoms. The highest BCUT2D eigenvalue weighted by Crippen LogP contribution is 2.41. The standard InChI is InChI=1S/C12H9F2NO5/c1-18-10-6(14)3-5(13)9(11(10)19-2)8-4-7(12(16)17)15-20-8/h3-4H,1-2H3,(H,16,17). The molecule has 1 N–H and O–H groups in total. The number of aromatic carboxylic acids is 1.